The van der Waals surface area contributed by atoms with Crippen LogP contribution in [-0.4, -0.2) is 42.3 Å². The Bertz CT molecular complexity index is 510. The monoisotopic (exact) mass is 312 g/mol. The summed E-state index contributed by atoms with van der Waals surface area (Å²) in [6.07, 6.45) is 1.97. The van der Waals surface area contributed by atoms with Crippen molar-refractivity contribution in [3.63, 3.8) is 0 Å². The van der Waals surface area contributed by atoms with E-state index in [1.807, 2.05) is 0 Å². The maximum atomic E-state index is 12.5. The first-order valence-corrected chi connectivity index (χ1v) is 7.47. The number of hydrogen-bond donors (Lipinski definition) is 2. The molecule has 0 aliphatic carbocycles. The minimum absolute atomic E-state index is 0.0265. The van der Waals surface area contributed by atoms with Gasteiger partial charge in [-0.1, -0.05) is 24.6 Å². The van der Waals surface area contributed by atoms with Crippen LogP contribution in [0.4, 0.5) is 10.5 Å². The number of carbonyl (C=O) groups excluding carboxylic acids is 1. The van der Waals surface area contributed by atoms with Crippen molar-refractivity contribution in [3.05, 3.63) is 23.2 Å². The summed E-state index contributed by atoms with van der Waals surface area (Å²) in [7, 11) is 1.51. The van der Waals surface area contributed by atoms with E-state index in [4.69, 9.17) is 16.3 Å². The molecule has 6 heteroatoms. The smallest absolute Gasteiger partial charge is 0.322 e. The molecule has 116 valence electrons. The maximum Gasteiger partial charge on any atom is 0.322 e. The van der Waals surface area contributed by atoms with Crippen LogP contribution in [0.2, 0.25) is 5.02 Å². The number of ether oxygens (including phenoxy) is 1. The fraction of sp³-hybridized carbons (Fsp3) is 0.533. The van der Waals surface area contributed by atoms with E-state index in [1.54, 1.807) is 23.1 Å². The van der Waals surface area contributed by atoms with E-state index >= 15 is 0 Å². The van der Waals surface area contributed by atoms with Gasteiger partial charge in [0.2, 0.25) is 0 Å². The summed E-state index contributed by atoms with van der Waals surface area (Å²) in [4.78, 5) is 14.2. The zero-order valence-corrected chi connectivity index (χ0v) is 13.1. The number of anilines is 1. The summed E-state index contributed by atoms with van der Waals surface area (Å²) in [5.74, 6) is 0.730. The van der Waals surface area contributed by atoms with Crippen LogP contribution in [0.15, 0.2) is 18.2 Å². The molecule has 21 heavy (non-hydrogen) atoms. The predicted octanol–water partition coefficient (Wildman–Crippen LogP) is 2.97. The van der Waals surface area contributed by atoms with Crippen LogP contribution in [0.1, 0.15) is 19.8 Å². The third kappa shape index (κ3) is 3.41. The number of nitrogens with one attached hydrogen (secondary N) is 1. The van der Waals surface area contributed by atoms with Crippen molar-refractivity contribution in [2.45, 2.75) is 25.8 Å². The molecule has 5 nitrogen and oxygen atoms in total. The Morgan fingerprint density at radius 3 is 3.00 bits per heavy atom. The van der Waals surface area contributed by atoms with Gasteiger partial charge in [-0.05, 0) is 30.9 Å². The zero-order chi connectivity index (χ0) is 15.4. The van der Waals surface area contributed by atoms with Crippen LogP contribution >= 0.6 is 11.6 Å². The molecule has 0 bridgehead atoms. The second-order valence-electron chi connectivity index (χ2n) is 5.31. The number of hydrogen-bond acceptors (Lipinski definition) is 3. The molecule has 1 aliphatic heterocycles. The summed E-state index contributed by atoms with van der Waals surface area (Å²) in [5, 5.41) is 12.8. The van der Waals surface area contributed by atoms with E-state index in [9.17, 15) is 9.90 Å². The molecular formula is C15H21ClN2O3. The fourth-order valence-electron chi connectivity index (χ4n) is 2.78. The summed E-state index contributed by atoms with van der Waals surface area (Å²) in [6, 6.07) is 4.81. The molecule has 0 spiro atoms. The van der Waals surface area contributed by atoms with Gasteiger partial charge in [0, 0.05) is 6.54 Å². The van der Waals surface area contributed by atoms with Crippen molar-refractivity contribution in [2.24, 2.45) is 5.92 Å². The number of aliphatic hydroxyl groups is 1. The summed E-state index contributed by atoms with van der Waals surface area (Å²) in [5.41, 5.74) is 0.532. The molecule has 1 aliphatic rings. The number of para-hydroxylation sites is 1. The molecule has 0 aromatic heterocycles. The first kappa shape index (κ1) is 15.9. The van der Waals surface area contributed by atoms with Crippen molar-refractivity contribution < 1.29 is 14.6 Å². The predicted molar refractivity (Wildman–Crippen MR) is 83.0 cm³/mol. The van der Waals surface area contributed by atoms with Crippen LogP contribution in [0.5, 0.6) is 5.75 Å². The fourth-order valence-corrected chi connectivity index (χ4v) is 3.03. The molecule has 1 heterocycles. The third-order valence-corrected chi connectivity index (χ3v) is 4.27. The van der Waals surface area contributed by atoms with Crippen LogP contribution in [0.3, 0.4) is 0 Å². The Morgan fingerprint density at radius 1 is 1.57 bits per heavy atom. The highest BCUT2D eigenvalue weighted by atomic mass is 35.5. The minimum atomic E-state index is -0.235. The topological polar surface area (TPSA) is 61.8 Å². The number of likely N-dealkylation sites (tertiary alicyclic amines) is 1. The van der Waals surface area contributed by atoms with Gasteiger partial charge in [-0.25, -0.2) is 4.79 Å². The number of halogens is 1. The van der Waals surface area contributed by atoms with Gasteiger partial charge in [0.05, 0.1) is 30.5 Å². The number of piperidine rings is 1. The van der Waals surface area contributed by atoms with E-state index in [1.165, 1.54) is 7.11 Å². The highest BCUT2D eigenvalue weighted by molar-refractivity contribution is 6.32. The number of carbonyl (C=O) groups is 1. The van der Waals surface area contributed by atoms with Gasteiger partial charge in [0.1, 0.15) is 0 Å². The van der Waals surface area contributed by atoms with Gasteiger partial charge in [0.25, 0.3) is 0 Å². The highest BCUT2D eigenvalue weighted by Crippen LogP contribution is 2.33. The average molecular weight is 313 g/mol. The van der Waals surface area contributed by atoms with Gasteiger partial charge >= 0.3 is 6.03 Å². The molecular weight excluding hydrogens is 292 g/mol. The summed E-state index contributed by atoms with van der Waals surface area (Å²) in [6.45, 7) is 2.67. The standard InChI is InChI=1S/C15H21ClN2O3/c1-10-5-4-8-18(13(10)9-19)15(20)17-12-7-3-6-11(16)14(12)21-2/h3,6-7,10,13,19H,4-5,8-9H2,1-2H3,(H,17,20)/t10-,13+/m0/s1. The molecule has 0 saturated carbocycles. The SMILES string of the molecule is COc1c(Cl)cccc1NC(=O)N1CCC[C@H](C)[C@H]1CO. The lowest BCUT2D eigenvalue weighted by Gasteiger charge is -2.38. The molecule has 1 aromatic carbocycles. The number of aliphatic hydroxyl groups excluding tert-OH is 1. The Kier molecular flexibility index (Phi) is 5.31. The van der Waals surface area contributed by atoms with Crippen molar-refractivity contribution in [2.75, 3.05) is 25.6 Å². The summed E-state index contributed by atoms with van der Waals surface area (Å²) >= 11 is 6.05. The Morgan fingerprint density at radius 2 is 2.33 bits per heavy atom. The zero-order valence-electron chi connectivity index (χ0n) is 12.3. The van der Waals surface area contributed by atoms with Crippen LogP contribution < -0.4 is 10.1 Å². The van der Waals surface area contributed by atoms with Crippen LogP contribution in [-0.2, 0) is 0 Å². The summed E-state index contributed by atoms with van der Waals surface area (Å²) < 4.78 is 5.22. The number of methoxy groups -OCH3 is 1. The van der Waals surface area contributed by atoms with Crippen LogP contribution in [0, 0.1) is 5.92 Å². The molecule has 0 unspecified atom stereocenters. The number of rotatable bonds is 3. The maximum absolute atomic E-state index is 12.5. The molecule has 1 saturated heterocycles. The number of benzene rings is 1. The van der Waals surface area contributed by atoms with E-state index in [0.29, 0.717) is 23.0 Å². The van der Waals surface area contributed by atoms with Gasteiger partial charge in [-0.15, -0.1) is 0 Å². The van der Waals surface area contributed by atoms with Crippen molar-refractivity contribution in [1.29, 1.82) is 0 Å². The first-order chi connectivity index (χ1) is 10.1. The molecule has 2 N–H and O–H groups in total. The highest BCUT2D eigenvalue weighted by Gasteiger charge is 2.31. The van der Waals surface area contributed by atoms with E-state index in [-0.39, 0.29) is 24.6 Å². The average Bonchev–Trinajstić information content (AvgIpc) is 2.47. The molecule has 1 aromatic rings. The minimum Gasteiger partial charge on any atom is -0.493 e. The Hall–Kier alpha value is -1.46. The first-order valence-electron chi connectivity index (χ1n) is 7.09. The molecule has 2 atom stereocenters. The van der Waals surface area contributed by atoms with Gasteiger partial charge in [-0.2, -0.15) is 0 Å². The molecule has 0 radical (unpaired) electrons. The van der Waals surface area contributed by atoms with Crippen molar-refractivity contribution >= 4 is 23.3 Å². The van der Waals surface area contributed by atoms with Gasteiger partial charge < -0.3 is 20.1 Å². The molecule has 2 rings (SSSR count). The lowest BCUT2D eigenvalue weighted by molar-refractivity contribution is 0.0811. The van der Waals surface area contributed by atoms with Gasteiger partial charge in [-0.3, -0.25) is 0 Å². The largest absolute Gasteiger partial charge is 0.493 e. The van der Waals surface area contributed by atoms with Crippen molar-refractivity contribution in [3.8, 4) is 5.75 Å². The lowest BCUT2D eigenvalue weighted by atomic mass is 9.91. The number of nitrogens with zero attached hydrogens (tertiary/aromatic N) is 1. The lowest BCUT2D eigenvalue weighted by Crippen LogP contribution is -2.51. The number of amides is 2. The van der Waals surface area contributed by atoms with Gasteiger partial charge in [0.15, 0.2) is 5.75 Å². The Balaban J connectivity index is 2.16. The molecule has 1 fully saturated rings. The third-order valence-electron chi connectivity index (χ3n) is 3.98. The second kappa shape index (κ2) is 7.00. The van der Waals surface area contributed by atoms with E-state index in [2.05, 4.69) is 12.2 Å². The quantitative estimate of drug-likeness (QED) is 0.902. The normalized spacial score (nSPS) is 22.0. The second-order valence-corrected chi connectivity index (χ2v) is 5.72. The van der Waals surface area contributed by atoms with E-state index < -0.39 is 0 Å². The van der Waals surface area contributed by atoms with Crippen LogP contribution in [0.25, 0.3) is 0 Å². The Labute approximate surface area is 129 Å². The molecule has 2 amide bonds. The number of urea groups is 1. The van der Waals surface area contributed by atoms with Crippen molar-refractivity contribution in [1.82, 2.24) is 4.90 Å². The van der Waals surface area contributed by atoms with E-state index in [0.717, 1.165) is 12.8 Å².